The first kappa shape index (κ1) is 13.6. The van der Waals surface area contributed by atoms with Crippen molar-refractivity contribution in [1.29, 1.82) is 0 Å². The molecule has 6 heteroatoms. The predicted octanol–water partition coefficient (Wildman–Crippen LogP) is 2.72. The number of carbonyl (C=O) groups is 1. The van der Waals surface area contributed by atoms with Crippen molar-refractivity contribution in [1.82, 2.24) is 4.98 Å². The van der Waals surface area contributed by atoms with Gasteiger partial charge in [0.1, 0.15) is 5.03 Å². The zero-order valence-electron chi connectivity index (χ0n) is 7.25. The van der Waals surface area contributed by atoms with Crippen molar-refractivity contribution in [2.75, 3.05) is 5.75 Å². The Bertz CT molecular complexity index is 271. The van der Waals surface area contributed by atoms with Crippen LogP contribution < -0.4 is 0 Å². The Hall–Kier alpha value is -0.390. The third-order valence-corrected chi connectivity index (χ3v) is 3.45. The van der Waals surface area contributed by atoms with Gasteiger partial charge >= 0.3 is 5.97 Å². The fourth-order valence-electron chi connectivity index (χ4n) is 0.627. The number of pyridine rings is 1. The minimum absolute atomic E-state index is 0. The summed E-state index contributed by atoms with van der Waals surface area (Å²) >= 11 is 0. The first-order valence-corrected chi connectivity index (χ1v) is 6.03. The standard InChI is InChI=1S/C8H9NO2S2.ClH/c10-8(11)4-6-12-13-7-3-1-2-5-9-7;/h1-3,5H,4,6H2,(H,10,11);1H. The van der Waals surface area contributed by atoms with Crippen molar-refractivity contribution >= 4 is 40.0 Å². The molecule has 0 bridgehead atoms. The number of carboxylic acid groups (broad SMARTS) is 1. The van der Waals surface area contributed by atoms with Gasteiger partial charge in [0.15, 0.2) is 0 Å². The first-order valence-electron chi connectivity index (χ1n) is 3.71. The number of rotatable bonds is 5. The minimum atomic E-state index is -0.755. The first-order chi connectivity index (χ1) is 6.29. The van der Waals surface area contributed by atoms with Gasteiger partial charge in [-0.2, -0.15) is 0 Å². The molecule has 1 aromatic heterocycles. The lowest BCUT2D eigenvalue weighted by Crippen LogP contribution is -1.94. The average molecular weight is 252 g/mol. The molecule has 0 atom stereocenters. The van der Waals surface area contributed by atoms with Crippen LogP contribution >= 0.6 is 34.0 Å². The molecule has 0 amide bonds. The second-order valence-corrected chi connectivity index (χ2v) is 4.65. The van der Waals surface area contributed by atoms with Gasteiger partial charge in [-0.25, -0.2) is 4.98 Å². The van der Waals surface area contributed by atoms with Gasteiger partial charge in [-0.05, 0) is 22.9 Å². The lowest BCUT2D eigenvalue weighted by molar-refractivity contribution is -0.136. The molecule has 0 spiro atoms. The number of nitrogens with zero attached hydrogens (tertiary/aromatic N) is 1. The molecule has 0 fully saturated rings. The van der Waals surface area contributed by atoms with E-state index >= 15 is 0 Å². The van der Waals surface area contributed by atoms with Crippen molar-refractivity contribution < 1.29 is 9.90 Å². The minimum Gasteiger partial charge on any atom is -0.481 e. The number of carboxylic acids is 1. The Labute approximate surface area is 96.5 Å². The summed E-state index contributed by atoms with van der Waals surface area (Å²) in [5.74, 6) is -0.148. The van der Waals surface area contributed by atoms with E-state index in [0.29, 0.717) is 5.75 Å². The van der Waals surface area contributed by atoms with Crippen LogP contribution in [0.5, 0.6) is 0 Å². The van der Waals surface area contributed by atoms with Gasteiger partial charge in [0.05, 0.1) is 6.42 Å². The highest BCUT2D eigenvalue weighted by atomic mass is 35.5. The van der Waals surface area contributed by atoms with Crippen molar-refractivity contribution in [2.24, 2.45) is 0 Å². The van der Waals surface area contributed by atoms with E-state index < -0.39 is 5.97 Å². The van der Waals surface area contributed by atoms with Crippen LogP contribution in [0.15, 0.2) is 29.4 Å². The molecule has 0 saturated heterocycles. The maximum Gasteiger partial charge on any atom is 0.304 e. The third-order valence-electron chi connectivity index (χ3n) is 1.18. The Morgan fingerprint density at radius 2 is 2.29 bits per heavy atom. The van der Waals surface area contributed by atoms with E-state index in [2.05, 4.69) is 4.98 Å². The molecule has 78 valence electrons. The lowest BCUT2D eigenvalue weighted by Gasteiger charge is -1.97. The summed E-state index contributed by atoms with van der Waals surface area (Å²) in [7, 11) is 3.01. The molecule has 1 aromatic rings. The largest absolute Gasteiger partial charge is 0.481 e. The Morgan fingerprint density at radius 3 is 2.86 bits per heavy atom. The van der Waals surface area contributed by atoms with Crippen molar-refractivity contribution in [3.05, 3.63) is 24.4 Å². The lowest BCUT2D eigenvalue weighted by atomic mass is 10.5. The maximum atomic E-state index is 10.2. The molecule has 0 aliphatic carbocycles. The fourth-order valence-corrected chi connectivity index (χ4v) is 2.49. The highest BCUT2D eigenvalue weighted by Gasteiger charge is 1.98. The highest BCUT2D eigenvalue weighted by Crippen LogP contribution is 2.29. The van der Waals surface area contributed by atoms with E-state index in [1.54, 1.807) is 6.20 Å². The average Bonchev–Trinajstić information content (AvgIpc) is 2.14. The molecule has 0 saturated carbocycles. The van der Waals surface area contributed by atoms with Gasteiger partial charge in [0.25, 0.3) is 0 Å². The zero-order valence-corrected chi connectivity index (χ0v) is 9.70. The van der Waals surface area contributed by atoms with Crippen LogP contribution in [0.2, 0.25) is 0 Å². The number of hydrogen-bond donors (Lipinski definition) is 1. The number of hydrogen-bond acceptors (Lipinski definition) is 4. The van der Waals surface area contributed by atoms with Crippen molar-refractivity contribution in [2.45, 2.75) is 11.4 Å². The molecular weight excluding hydrogens is 242 g/mol. The molecule has 0 radical (unpaired) electrons. The van der Waals surface area contributed by atoms with Crippen LogP contribution in [-0.4, -0.2) is 21.8 Å². The summed E-state index contributed by atoms with van der Waals surface area (Å²) in [6.07, 6.45) is 1.92. The summed E-state index contributed by atoms with van der Waals surface area (Å²) in [4.78, 5) is 14.3. The normalized spacial score (nSPS) is 9.14. The van der Waals surface area contributed by atoms with Gasteiger partial charge in [-0.1, -0.05) is 16.9 Å². The van der Waals surface area contributed by atoms with E-state index in [1.807, 2.05) is 18.2 Å². The molecule has 0 unspecified atom stereocenters. The van der Waals surface area contributed by atoms with Gasteiger partial charge in [-0.15, -0.1) is 12.4 Å². The number of aromatic nitrogens is 1. The topological polar surface area (TPSA) is 50.2 Å². The molecule has 1 rings (SSSR count). The molecule has 1 heterocycles. The second kappa shape index (κ2) is 7.96. The quantitative estimate of drug-likeness (QED) is 0.644. The molecule has 3 nitrogen and oxygen atoms in total. The summed E-state index contributed by atoms with van der Waals surface area (Å²) < 4.78 is 0. The number of aliphatic carboxylic acids is 1. The molecule has 14 heavy (non-hydrogen) atoms. The van der Waals surface area contributed by atoms with Gasteiger partial charge < -0.3 is 5.11 Å². The van der Waals surface area contributed by atoms with Gasteiger partial charge in [0.2, 0.25) is 0 Å². The van der Waals surface area contributed by atoms with Crippen LogP contribution in [0.3, 0.4) is 0 Å². The van der Waals surface area contributed by atoms with Gasteiger partial charge in [-0.3, -0.25) is 4.79 Å². The second-order valence-electron chi connectivity index (χ2n) is 2.22. The summed E-state index contributed by atoms with van der Waals surface area (Å²) in [5, 5.41) is 9.29. The van der Waals surface area contributed by atoms with E-state index in [0.717, 1.165) is 5.03 Å². The van der Waals surface area contributed by atoms with E-state index in [1.165, 1.54) is 21.6 Å². The van der Waals surface area contributed by atoms with E-state index in [-0.39, 0.29) is 18.8 Å². The predicted molar refractivity (Wildman–Crippen MR) is 62.1 cm³/mol. The Balaban J connectivity index is 0.00000169. The molecule has 1 N–H and O–H groups in total. The Morgan fingerprint density at radius 1 is 1.50 bits per heavy atom. The van der Waals surface area contributed by atoms with E-state index in [9.17, 15) is 4.79 Å². The molecule has 0 aliphatic heterocycles. The zero-order chi connectivity index (χ0) is 9.52. The maximum absolute atomic E-state index is 10.2. The summed E-state index contributed by atoms with van der Waals surface area (Å²) in [6, 6.07) is 5.66. The fraction of sp³-hybridized carbons (Fsp3) is 0.250. The van der Waals surface area contributed by atoms with Crippen molar-refractivity contribution in [3.8, 4) is 0 Å². The summed E-state index contributed by atoms with van der Waals surface area (Å²) in [5.41, 5.74) is 0. The molecule has 0 aliphatic rings. The van der Waals surface area contributed by atoms with Crippen molar-refractivity contribution in [3.63, 3.8) is 0 Å². The smallest absolute Gasteiger partial charge is 0.304 e. The van der Waals surface area contributed by atoms with Crippen LogP contribution in [0.25, 0.3) is 0 Å². The van der Waals surface area contributed by atoms with Crippen LogP contribution in [0.4, 0.5) is 0 Å². The van der Waals surface area contributed by atoms with Gasteiger partial charge in [0, 0.05) is 11.9 Å². The SMILES string of the molecule is Cl.O=C(O)CCSSc1ccccn1. The molecule has 0 aromatic carbocycles. The Kier molecular flexibility index (Phi) is 7.74. The van der Waals surface area contributed by atoms with Crippen LogP contribution in [0, 0.1) is 0 Å². The highest BCUT2D eigenvalue weighted by molar-refractivity contribution is 8.76. The van der Waals surface area contributed by atoms with Crippen LogP contribution in [0.1, 0.15) is 6.42 Å². The van der Waals surface area contributed by atoms with E-state index in [4.69, 9.17) is 5.11 Å². The monoisotopic (exact) mass is 251 g/mol. The number of halogens is 1. The summed E-state index contributed by atoms with van der Waals surface area (Å²) in [6.45, 7) is 0. The van der Waals surface area contributed by atoms with Crippen LogP contribution in [-0.2, 0) is 4.79 Å². The molecular formula is C8H10ClNO2S2. The third kappa shape index (κ3) is 6.12.